The molecule has 0 aliphatic heterocycles. The average Bonchev–Trinajstić information content (AvgIpc) is 2.40. The van der Waals surface area contributed by atoms with Crippen LogP contribution in [0.15, 0.2) is 47.4 Å². The van der Waals surface area contributed by atoms with Crippen molar-refractivity contribution in [2.24, 2.45) is 0 Å². The number of hydrogen-bond donors (Lipinski definition) is 1. The van der Waals surface area contributed by atoms with Gasteiger partial charge in [0, 0.05) is 12.6 Å². The van der Waals surface area contributed by atoms with Gasteiger partial charge in [-0.05, 0) is 12.0 Å². The van der Waals surface area contributed by atoms with Crippen molar-refractivity contribution in [2.45, 2.75) is 19.9 Å². The van der Waals surface area contributed by atoms with E-state index in [2.05, 4.69) is 17.3 Å². The van der Waals surface area contributed by atoms with Gasteiger partial charge in [0.15, 0.2) is 0 Å². The Bertz CT molecular complexity index is 548. The average molecular weight is 243 g/mol. The van der Waals surface area contributed by atoms with Crippen molar-refractivity contribution in [1.82, 2.24) is 9.78 Å². The van der Waals surface area contributed by atoms with E-state index >= 15 is 0 Å². The standard InChI is InChI=1S/C14H17N3O/c1-2-8-15-13-9-14(18)17(16-10-13)11-12-6-4-3-5-7-12/h3-7,9-10,15H,2,8,11H2,1H3. The molecule has 4 heteroatoms. The summed E-state index contributed by atoms with van der Waals surface area (Å²) in [5, 5.41) is 7.32. The Balaban J connectivity index is 2.13. The summed E-state index contributed by atoms with van der Waals surface area (Å²) in [7, 11) is 0. The van der Waals surface area contributed by atoms with Crippen molar-refractivity contribution < 1.29 is 0 Å². The van der Waals surface area contributed by atoms with Crippen LogP contribution in [0.3, 0.4) is 0 Å². The van der Waals surface area contributed by atoms with Crippen LogP contribution in [-0.4, -0.2) is 16.3 Å². The molecule has 0 amide bonds. The van der Waals surface area contributed by atoms with E-state index < -0.39 is 0 Å². The lowest BCUT2D eigenvalue weighted by Gasteiger charge is -2.07. The summed E-state index contributed by atoms with van der Waals surface area (Å²) in [6.07, 6.45) is 2.72. The first kappa shape index (κ1) is 12.4. The van der Waals surface area contributed by atoms with Crippen molar-refractivity contribution in [2.75, 3.05) is 11.9 Å². The van der Waals surface area contributed by atoms with Crippen molar-refractivity contribution in [3.8, 4) is 0 Å². The Morgan fingerprint density at radius 3 is 2.72 bits per heavy atom. The Morgan fingerprint density at radius 1 is 1.28 bits per heavy atom. The van der Waals surface area contributed by atoms with Gasteiger partial charge in [-0.15, -0.1) is 0 Å². The summed E-state index contributed by atoms with van der Waals surface area (Å²) >= 11 is 0. The molecular formula is C14H17N3O. The maximum atomic E-state index is 11.9. The van der Waals surface area contributed by atoms with Gasteiger partial charge in [-0.2, -0.15) is 5.10 Å². The molecule has 0 spiro atoms. The van der Waals surface area contributed by atoms with E-state index in [1.807, 2.05) is 30.3 Å². The van der Waals surface area contributed by atoms with Crippen molar-refractivity contribution in [3.05, 3.63) is 58.5 Å². The van der Waals surface area contributed by atoms with Crippen LogP contribution in [0.1, 0.15) is 18.9 Å². The van der Waals surface area contributed by atoms with E-state index in [1.54, 1.807) is 12.3 Å². The molecule has 0 aliphatic rings. The highest BCUT2D eigenvalue weighted by Gasteiger charge is 2.00. The van der Waals surface area contributed by atoms with Gasteiger partial charge in [0.25, 0.3) is 5.56 Å². The highest BCUT2D eigenvalue weighted by molar-refractivity contribution is 5.38. The summed E-state index contributed by atoms with van der Waals surface area (Å²) in [5.41, 5.74) is 1.77. The second kappa shape index (κ2) is 6.00. The van der Waals surface area contributed by atoms with Gasteiger partial charge in [0.05, 0.1) is 18.4 Å². The molecule has 0 bridgehead atoms. The summed E-state index contributed by atoms with van der Waals surface area (Å²) in [5.74, 6) is 0. The minimum absolute atomic E-state index is 0.0834. The third-order valence-electron chi connectivity index (χ3n) is 2.62. The summed E-state index contributed by atoms with van der Waals surface area (Å²) < 4.78 is 1.46. The quantitative estimate of drug-likeness (QED) is 0.875. The Hall–Kier alpha value is -2.10. The molecule has 0 fully saturated rings. The molecule has 4 nitrogen and oxygen atoms in total. The molecule has 0 aliphatic carbocycles. The fraction of sp³-hybridized carbons (Fsp3) is 0.286. The molecule has 0 saturated carbocycles. The topological polar surface area (TPSA) is 46.9 Å². The third-order valence-corrected chi connectivity index (χ3v) is 2.62. The van der Waals surface area contributed by atoms with E-state index in [4.69, 9.17) is 0 Å². The molecule has 1 N–H and O–H groups in total. The summed E-state index contributed by atoms with van der Waals surface area (Å²) in [6.45, 7) is 3.44. The van der Waals surface area contributed by atoms with Crippen LogP contribution in [0.5, 0.6) is 0 Å². The molecule has 1 aromatic carbocycles. The van der Waals surface area contributed by atoms with Crippen molar-refractivity contribution >= 4 is 5.69 Å². The van der Waals surface area contributed by atoms with E-state index in [0.717, 1.165) is 24.2 Å². The van der Waals surface area contributed by atoms with Crippen LogP contribution >= 0.6 is 0 Å². The summed E-state index contributed by atoms with van der Waals surface area (Å²) in [6, 6.07) is 11.4. The molecular weight excluding hydrogens is 226 g/mol. The lowest BCUT2D eigenvalue weighted by molar-refractivity contribution is 0.639. The molecule has 0 atom stereocenters. The number of hydrogen-bond acceptors (Lipinski definition) is 3. The first-order chi connectivity index (χ1) is 8.79. The van der Waals surface area contributed by atoms with Crippen LogP contribution in [0.4, 0.5) is 5.69 Å². The molecule has 0 unspecified atom stereocenters. The number of anilines is 1. The van der Waals surface area contributed by atoms with Crippen LogP contribution < -0.4 is 10.9 Å². The van der Waals surface area contributed by atoms with Gasteiger partial charge in [-0.3, -0.25) is 4.79 Å². The second-order valence-electron chi connectivity index (χ2n) is 4.15. The van der Waals surface area contributed by atoms with Gasteiger partial charge in [-0.25, -0.2) is 4.68 Å². The molecule has 0 radical (unpaired) electrons. The van der Waals surface area contributed by atoms with Crippen LogP contribution in [0.2, 0.25) is 0 Å². The zero-order valence-electron chi connectivity index (χ0n) is 10.5. The van der Waals surface area contributed by atoms with Gasteiger partial charge < -0.3 is 5.32 Å². The van der Waals surface area contributed by atoms with Crippen molar-refractivity contribution in [3.63, 3.8) is 0 Å². The minimum Gasteiger partial charge on any atom is -0.384 e. The number of benzene rings is 1. The first-order valence-electron chi connectivity index (χ1n) is 6.14. The molecule has 2 rings (SSSR count). The van der Waals surface area contributed by atoms with Crippen LogP contribution in [0, 0.1) is 0 Å². The molecule has 18 heavy (non-hydrogen) atoms. The monoisotopic (exact) mass is 243 g/mol. The highest BCUT2D eigenvalue weighted by atomic mass is 16.1. The zero-order chi connectivity index (χ0) is 12.8. The third kappa shape index (κ3) is 3.20. The van der Waals surface area contributed by atoms with Gasteiger partial charge in [-0.1, -0.05) is 37.3 Å². The van der Waals surface area contributed by atoms with E-state index in [1.165, 1.54) is 4.68 Å². The first-order valence-corrected chi connectivity index (χ1v) is 6.14. The van der Waals surface area contributed by atoms with Gasteiger partial charge in [0.1, 0.15) is 0 Å². The number of aromatic nitrogens is 2. The molecule has 94 valence electrons. The molecule has 2 aromatic rings. The lowest BCUT2D eigenvalue weighted by Crippen LogP contribution is -2.23. The molecule has 1 heterocycles. The number of rotatable bonds is 5. The SMILES string of the molecule is CCCNc1cnn(Cc2ccccc2)c(=O)c1. The van der Waals surface area contributed by atoms with E-state index in [-0.39, 0.29) is 5.56 Å². The predicted octanol–water partition coefficient (Wildman–Crippen LogP) is 2.11. The lowest BCUT2D eigenvalue weighted by atomic mass is 10.2. The van der Waals surface area contributed by atoms with Gasteiger partial charge >= 0.3 is 0 Å². The normalized spacial score (nSPS) is 10.3. The number of nitrogens with one attached hydrogen (secondary N) is 1. The Kier molecular flexibility index (Phi) is 4.12. The largest absolute Gasteiger partial charge is 0.384 e. The zero-order valence-corrected chi connectivity index (χ0v) is 10.5. The fourth-order valence-corrected chi connectivity index (χ4v) is 1.67. The van der Waals surface area contributed by atoms with E-state index in [9.17, 15) is 4.79 Å². The predicted molar refractivity (Wildman–Crippen MR) is 72.8 cm³/mol. The maximum Gasteiger partial charge on any atom is 0.269 e. The smallest absolute Gasteiger partial charge is 0.269 e. The molecule has 1 aromatic heterocycles. The number of nitrogens with zero attached hydrogens (tertiary/aromatic N) is 2. The minimum atomic E-state index is -0.0834. The molecule has 0 saturated heterocycles. The Morgan fingerprint density at radius 2 is 2.06 bits per heavy atom. The highest BCUT2D eigenvalue weighted by Crippen LogP contribution is 2.02. The summed E-state index contributed by atoms with van der Waals surface area (Å²) in [4.78, 5) is 11.9. The second-order valence-corrected chi connectivity index (χ2v) is 4.15. The van der Waals surface area contributed by atoms with Crippen LogP contribution in [-0.2, 0) is 6.54 Å². The maximum absolute atomic E-state index is 11.9. The van der Waals surface area contributed by atoms with E-state index in [0.29, 0.717) is 6.54 Å². The van der Waals surface area contributed by atoms with Gasteiger partial charge in [0.2, 0.25) is 0 Å². The van der Waals surface area contributed by atoms with Crippen molar-refractivity contribution in [1.29, 1.82) is 0 Å². The van der Waals surface area contributed by atoms with Crippen LogP contribution in [0.25, 0.3) is 0 Å². The Labute approximate surface area is 106 Å². The fourth-order valence-electron chi connectivity index (χ4n) is 1.67.